The summed E-state index contributed by atoms with van der Waals surface area (Å²) in [5.74, 6) is 0. The number of allylic oxidation sites excluding steroid dienone is 1. The fraction of sp³-hybridized carbons (Fsp3) is 0.481. The molecule has 2 fully saturated rings. The summed E-state index contributed by atoms with van der Waals surface area (Å²) in [6.07, 6.45) is 1.05. The fourth-order valence-electron chi connectivity index (χ4n) is 4.51. The summed E-state index contributed by atoms with van der Waals surface area (Å²) in [5, 5.41) is 0.758. The number of rotatable bonds is 9. The SMILES string of the molecule is C=CCn1c(O[C@@H]2CO[C@@H]3[C@@H]2OC[C@H]3OCC(C)(C)[SiH](C)C)nc2nc(-c3ccc(Br)cc3)c(Cl)cc21. The van der Waals surface area contributed by atoms with Gasteiger partial charge in [0.2, 0.25) is 0 Å². The van der Waals surface area contributed by atoms with E-state index in [9.17, 15) is 0 Å². The van der Waals surface area contributed by atoms with Gasteiger partial charge in [0, 0.05) is 32.0 Å². The molecule has 198 valence electrons. The number of fused-ring (bicyclic) bond motifs is 2. The van der Waals surface area contributed by atoms with Crippen molar-refractivity contribution in [3.63, 3.8) is 0 Å². The molecule has 2 aliphatic heterocycles. The average Bonchev–Trinajstić information content (AvgIpc) is 3.54. The first-order chi connectivity index (χ1) is 17.7. The number of ether oxygens (including phenoxy) is 4. The van der Waals surface area contributed by atoms with Crippen LogP contribution in [0.4, 0.5) is 0 Å². The third-order valence-electron chi connectivity index (χ3n) is 7.54. The van der Waals surface area contributed by atoms with Crippen molar-refractivity contribution in [3.8, 4) is 17.3 Å². The standard InChI is InChI=1S/C27H33BrClN3O4Si/c1-6-11-32-19-12-18(29)22(16-7-9-17(28)10-8-16)30-25(19)31-26(32)36-21-14-34-23-20(13-33-24(21)23)35-15-27(2,3)37(4)5/h6-10,12,20-21,23-24,37H,1,11,13-15H2,2-5H3/t20-,21-,23+,24-/m1/s1. The molecule has 3 aromatic rings. The fourth-order valence-corrected chi connectivity index (χ4v) is 5.46. The molecular weight excluding hydrogens is 574 g/mol. The molecule has 0 radical (unpaired) electrons. The Bertz CT molecular complexity index is 1280. The maximum absolute atomic E-state index is 6.67. The number of halogens is 2. The van der Waals surface area contributed by atoms with Gasteiger partial charge >= 0.3 is 0 Å². The molecule has 10 heteroatoms. The first kappa shape index (κ1) is 26.8. The minimum absolute atomic E-state index is 0.0912. The molecule has 37 heavy (non-hydrogen) atoms. The summed E-state index contributed by atoms with van der Waals surface area (Å²) in [6, 6.07) is 10.2. The van der Waals surface area contributed by atoms with Gasteiger partial charge in [-0.2, -0.15) is 4.98 Å². The van der Waals surface area contributed by atoms with Crippen LogP contribution in [0.1, 0.15) is 13.8 Å². The second-order valence-corrected chi connectivity index (χ2v) is 15.9. The van der Waals surface area contributed by atoms with Gasteiger partial charge in [0.1, 0.15) is 18.3 Å². The van der Waals surface area contributed by atoms with Crippen LogP contribution in [0, 0.1) is 0 Å². The molecule has 0 saturated carbocycles. The molecule has 0 spiro atoms. The topological polar surface area (TPSA) is 67.6 Å². The first-order valence-electron chi connectivity index (χ1n) is 12.6. The molecule has 4 heterocycles. The lowest BCUT2D eigenvalue weighted by molar-refractivity contribution is -0.0420. The summed E-state index contributed by atoms with van der Waals surface area (Å²) in [5.41, 5.74) is 2.93. The number of hydrogen-bond donors (Lipinski definition) is 0. The number of pyridine rings is 1. The second kappa shape index (κ2) is 10.8. The highest BCUT2D eigenvalue weighted by Crippen LogP contribution is 2.36. The van der Waals surface area contributed by atoms with E-state index in [-0.39, 0.29) is 29.5 Å². The Morgan fingerprint density at radius 3 is 2.51 bits per heavy atom. The smallest absolute Gasteiger partial charge is 0.299 e. The van der Waals surface area contributed by atoms with Crippen molar-refractivity contribution in [2.75, 3.05) is 19.8 Å². The average molecular weight is 607 g/mol. The van der Waals surface area contributed by atoms with Crippen molar-refractivity contribution in [2.45, 2.75) is 62.9 Å². The van der Waals surface area contributed by atoms with Crippen LogP contribution < -0.4 is 4.74 Å². The number of nitrogens with zero attached hydrogens (tertiary/aromatic N) is 3. The van der Waals surface area contributed by atoms with Crippen molar-refractivity contribution < 1.29 is 18.9 Å². The summed E-state index contributed by atoms with van der Waals surface area (Å²) < 4.78 is 27.9. The number of aromatic nitrogens is 3. The highest BCUT2D eigenvalue weighted by atomic mass is 79.9. The Labute approximate surface area is 232 Å². The summed E-state index contributed by atoms with van der Waals surface area (Å²) in [6.45, 7) is 15.3. The van der Waals surface area contributed by atoms with Crippen LogP contribution in [0.15, 0.2) is 47.5 Å². The monoisotopic (exact) mass is 605 g/mol. The van der Waals surface area contributed by atoms with Gasteiger partial charge in [0.05, 0.1) is 29.4 Å². The van der Waals surface area contributed by atoms with Gasteiger partial charge in [-0.25, -0.2) is 4.98 Å². The Morgan fingerprint density at radius 2 is 1.84 bits per heavy atom. The lowest BCUT2D eigenvalue weighted by Gasteiger charge is -2.30. The third-order valence-corrected chi connectivity index (χ3v) is 11.7. The van der Waals surface area contributed by atoms with Gasteiger partial charge in [-0.3, -0.25) is 4.57 Å². The van der Waals surface area contributed by atoms with Gasteiger partial charge < -0.3 is 18.9 Å². The van der Waals surface area contributed by atoms with Crippen LogP contribution in [0.3, 0.4) is 0 Å². The Kier molecular flexibility index (Phi) is 7.82. The number of hydrogen-bond acceptors (Lipinski definition) is 6. The maximum Gasteiger partial charge on any atom is 0.299 e. The van der Waals surface area contributed by atoms with Crippen LogP contribution in [0.2, 0.25) is 23.2 Å². The molecule has 2 aliphatic rings. The van der Waals surface area contributed by atoms with Crippen molar-refractivity contribution in [3.05, 3.63) is 52.5 Å². The molecule has 1 aromatic carbocycles. The highest BCUT2D eigenvalue weighted by molar-refractivity contribution is 9.10. The van der Waals surface area contributed by atoms with E-state index in [1.54, 1.807) is 6.08 Å². The zero-order valence-corrected chi connectivity index (χ0v) is 25.1. The number of imidazole rings is 1. The third kappa shape index (κ3) is 5.39. The minimum atomic E-state index is -0.855. The van der Waals surface area contributed by atoms with Gasteiger partial charge in [0.15, 0.2) is 11.8 Å². The largest absolute Gasteiger partial charge is 0.456 e. The van der Waals surface area contributed by atoms with Crippen LogP contribution in [0.25, 0.3) is 22.4 Å². The molecular formula is C27H33BrClN3O4Si. The normalized spacial score (nSPS) is 23.6. The molecule has 7 nitrogen and oxygen atoms in total. The van der Waals surface area contributed by atoms with Gasteiger partial charge in [0.25, 0.3) is 6.01 Å². The van der Waals surface area contributed by atoms with Crippen molar-refractivity contribution in [2.24, 2.45) is 0 Å². The molecule has 2 aromatic heterocycles. The predicted molar refractivity (Wildman–Crippen MR) is 152 cm³/mol. The quantitative estimate of drug-likeness (QED) is 0.223. The van der Waals surface area contributed by atoms with E-state index in [0.29, 0.717) is 48.7 Å². The molecule has 0 aliphatic carbocycles. The van der Waals surface area contributed by atoms with Crippen molar-refractivity contribution >= 4 is 47.5 Å². The van der Waals surface area contributed by atoms with Crippen LogP contribution in [-0.2, 0) is 20.8 Å². The van der Waals surface area contributed by atoms with E-state index in [1.807, 2.05) is 34.9 Å². The number of benzene rings is 1. The van der Waals surface area contributed by atoms with E-state index >= 15 is 0 Å². The molecule has 0 N–H and O–H groups in total. The molecule has 4 atom stereocenters. The molecule has 0 unspecified atom stereocenters. The van der Waals surface area contributed by atoms with Crippen LogP contribution in [-0.4, -0.2) is 67.6 Å². The lowest BCUT2D eigenvalue weighted by Crippen LogP contribution is -2.37. The van der Waals surface area contributed by atoms with Gasteiger partial charge in [-0.15, -0.1) is 6.58 Å². The van der Waals surface area contributed by atoms with Gasteiger partial charge in [-0.1, -0.05) is 72.7 Å². The maximum atomic E-state index is 6.67. The molecule has 0 amide bonds. The Balaban J connectivity index is 1.36. The Hall–Kier alpha value is -1.75. The zero-order chi connectivity index (χ0) is 26.3. The van der Waals surface area contributed by atoms with E-state index in [2.05, 4.69) is 49.5 Å². The van der Waals surface area contributed by atoms with E-state index in [0.717, 1.165) is 15.6 Å². The van der Waals surface area contributed by atoms with Crippen molar-refractivity contribution in [1.82, 2.24) is 14.5 Å². The molecule has 5 rings (SSSR count). The Morgan fingerprint density at radius 1 is 1.16 bits per heavy atom. The van der Waals surface area contributed by atoms with E-state index < -0.39 is 8.80 Å². The van der Waals surface area contributed by atoms with Crippen LogP contribution in [0.5, 0.6) is 6.01 Å². The second-order valence-electron chi connectivity index (χ2n) is 10.7. The van der Waals surface area contributed by atoms with Crippen molar-refractivity contribution in [1.29, 1.82) is 0 Å². The van der Waals surface area contributed by atoms with Crippen LogP contribution >= 0.6 is 27.5 Å². The van der Waals surface area contributed by atoms with Gasteiger partial charge in [-0.05, 0) is 23.2 Å². The summed E-state index contributed by atoms with van der Waals surface area (Å²) in [7, 11) is -0.855. The molecule has 0 bridgehead atoms. The summed E-state index contributed by atoms with van der Waals surface area (Å²) in [4.78, 5) is 9.52. The first-order valence-corrected chi connectivity index (χ1v) is 16.7. The minimum Gasteiger partial charge on any atom is -0.456 e. The lowest BCUT2D eigenvalue weighted by atomic mass is 10.1. The highest BCUT2D eigenvalue weighted by Gasteiger charge is 2.50. The predicted octanol–water partition coefficient (Wildman–Crippen LogP) is 5.90. The van der Waals surface area contributed by atoms with E-state index in [4.69, 9.17) is 40.5 Å². The molecule has 2 saturated heterocycles. The summed E-state index contributed by atoms with van der Waals surface area (Å²) >= 11 is 10.1. The zero-order valence-electron chi connectivity index (χ0n) is 21.6. The van der Waals surface area contributed by atoms with E-state index in [1.165, 1.54) is 0 Å².